The second kappa shape index (κ2) is 7.12. The lowest BCUT2D eigenvalue weighted by Gasteiger charge is -2.09. The number of benzene rings is 2. The van der Waals surface area contributed by atoms with Crippen molar-refractivity contribution in [1.29, 1.82) is 0 Å². The zero-order valence-corrected chi connectivity index (χ0v) is 13.2. The summed E-state index contributed by atoms with van der Waals surface area (Å²) in [6, 6.07) is 10.8. The number of carbonyl (C=O) groups is 1. The molecule has 0 unspecified atom stereocenters. The highest BCUT2D eigenvalue weighted by molar-refractivity contribution is 6.01. The summed E-state index contributed by atoms with van der Waals surface area (Å²) in [6.07, 6.45) is 0.838. The van der Waals surface area contributed by atoms with Crippen LogP contribution in [0.2, 0.25) is 0 Å². The van der Waals surface area contributed by atoms with Crippen LogP contribution in [-0.2, 0) is 0 Å². The fraction of sp³-hybridized carbons (Fsp3) is 0.222. The molecule has 1 amide bonds. The van der Waals surface area contributed by atoms with Gasteiger partial charge in [0.05, 0.1) is 18.9 Å². The molecule has 6 heteroatoms. The molecule has 0 radical (unpaired) electrons. The molecular formula is C18H17FN2O3. The SMILES string of the molecule is C/C(=N/NC(=O)c1ccc(F)cc1)c1ccc2c(c1)OCCCO2. The van der Waals surface area contributed by atoms with Crippen molar-refractivity contribution in [3.8, 4) is 11.5 Å². The molecular weight excluding hydrogens is 311 g/mol. The number of rotatable bonds is 3. The van der Waals surface area contributed by atoms with Crippen LogP contribution in [0.15, 0.2) is 47.6 Å². The summed E-state index contributed by atoms with van der Waals surface area (Å²) in [5, 5.41) is 4.09. The van der Waals surface area contributed by atoms with Crippen LogP contribution < -0.4 is 14.9 Å². The molecule has 1 N–H and O–H groups in total. The Morgan fingerprint density at radius 3 is 2.46 bits per heavy atom. The Kier molecular flexibility index (Phi) is 4.74. The minimum Gasteiger partial charge on any atom is -0.490 e. The quantitative estimate of drug-likeness (QED) is 0.695. The standard InChI is InChI=1S/C18H17FN2O3/c1-12(20-21-18(22)13-3-6-15(19)7-4-13)14-5-8-16-17(11-14)24-10-2-9-23-16/h3-8,11H,2,9-10H2,1H3,(H,21,22)/b20-12-. The molecule has 0 saturated heterocycles. The fourth-order valence-corrected chi connectivity index (χ4v) is 2.25. The van der Waals surface area contributed by atoms with E-state index in [4.69, 9.17) is 9.47 Å². The smallest absolute Gasteiger partial charge is 0.271 e. The Bertz CT molecular complexity index is 772. The summed E-state index contributed by atoms with van der Waals surface area (Å²) in [7, 11) is 0. The van der Waals surface area contributed by atoms with Crippen LogP contribution in [-0.4, -0.2) is 24.8 Å². The van der Waals surface area contributed by atoms with E-state index in [9.17, 15) is 9.18 Å². The van der Waals surface area contributed by atoms with Crippen molar-refractivity contribution < 1.29 is 18.7 Å². The first kappa shape index (κ1) is 16.0. The lowest BCUT2D eigenvalue weighted by Crippen LogP contribution is -2.19. The van der Waals surface area contributed by atoms with Crippen LogP contribution >= 0.6 is 0 Å². The zero-order valence-electron chi connectivity index (χ0n) is 13.2. The highest BCUT2D eigenvalue weighted by Crippen LogP contribution is 2.30. The van der Waals surface area contributed by atoms with Crippen molar-refractivity contribution in [2.75, 3.05) is 13.2 Å². The summed E-state index contributed by atoms with van der Waals surface area (Å²) in [5.41, 5.74) is 4.25. The maximum absolute atomic E-state index is 12.9. The predicted octanol–water partition coefficient (Wildman–Crippen LogP) is 3.14. The number of hydrazone groups is 1. The molecule has 5 nitrogen and oxygen atoms in total. The largest absolute Gasteiger partial charge is 0.490 e. The highest BCUT2D eigenvalue weighted by atomic mass is 19.1. The Morgan fingerprint density at radius 2 is 1.71 bits per heavy atom. The van der Waals surface area contributed by atoms with Gasteiger partial charge in [0.15, 0.2) is 11.5 Å². The van der Waals surface area contributed by atoms with Gasteiger partial charge in [-0.1, -0.05) is 0 Å². The third-order valence-corrected chi connectivity index (χ3v) is 3.60. The van der Waals surface area contributed by atoms with E-state index in [0.29, 0.717) is 36.0 Å². The first-order valence-electron chi connectivity index (χ1n) is 7.64. The summed E-state index contributed by atoms with van der Waals surface area (Å²) < 4.78 is 24.1. The number of fused-ring (bicyclic) bond motifs is 1. The third-order valence-electron chi connectivity index (χ3n) is 3.60. The summed E-state index contributed by atoms with van der Waals surface area (Å²) in [5.74, 6) is 0.589. The van der Waals surface area contributed by atoms with Gasteiger partial charge in [0, 0.05) is 17.5 Å². The normalized spacial score (nSPS) is 14.0. The van der Waals surface area contributed by atoms with Crippen molar-refractivity contribution in [3.63, 3.8) is 0 Å². The fourth-order valence-electron chi connectivity index (χ4n) is 2.25. The van der Waals surface area contributed by atoms with Gasteiger partial charge in [-0.15, -0.1) is 0 Å². The Balaban J connectivity index is 1.72. The van der Waals surface area contributed by atoms with Gasteiger partial charge in [-0.2, -0.15) is 5.10 Å². The van der Waals surface area contributed by atoms with Gasteiger partial charge in [-0.25, -0.2) is 9.82 Å². The molecule has 1 aliphatic heterocycles. The van der Waals surface area contributed by atoms with Gasteiger partial charge in [0.25, 0.3) is 5.91 Å². The highest BCUT2D eigenvalue weighted by Gasteiger charge is 2.12. The number of carbonyl (C=O) groups excluding carboxylic acids is 1. The first-order chi connectivity index (χ1) is 11.6. The van der Waals surface area contributed by atoms with Gasteiger partial charge in [-0.3, -0.25) is 4.79 Å². The van der Waals surface area contributed by atoms with Gasteiger partial charge in [0.2, 0.25) is 0 Å². The van der Waals surface area contributed by atoms with E-state index in [1.807, 2.05) is 18.2 Å². The van der Waals surface area contributed by atoms with Crippen LogP contribution in [0, 0.1) is 5.82 Å². The van der Waals surface area contributed by atoms with Gasteiger partial charge < -0.3 is 9.47 Å². The molecule has 24 heavy (non-hydrogen) atoms. The maximum Gasteiger partial charge on any atom is 0.271 e. The van der Waals surface area contributed by atoms with Crippen molar-refractivity contribution in [2.45, 2.75) is 13.3 Å². The topological polar surface area (TPSA) is 59.9 Å². The average molecular weight is 328 g/mol. The molecule has 124 valence electrons. The van der Waals surface area contributed by atoms with Crippen molar-refractivity contribution in [2.24, 2.45) is 5.10 Å². The van der Waals surface area contributed by atoms with Crippen LogP contribution in [0.4, 0.5) is 4.39 Å². The van der Waals surface area contributed by atoms with E-state index in [1.54, 1.807) is 6.92 Å². The molecule has 0 atom stereocenters. The van der Waals surface area contributed by atoms with Gasteiger partial charge in [0.1, 0.15) is 5.82 Å². The molecule has 0 fully saturated rings. The number of hydrogen-bond donors (Lipinski definition) is 1. The number of halogens is 1. The minimum absolute atomic E-state index is 0.339. The van der Waals surface area contributed by atoms with E-state index in [0.717, 1.165) is 12.0 Å². The van der Waals surface area contributed by atoms with E-state index >= 15 is 0 Å². The Morgan fingerprint density at radius 1 is 1.04 bits per heavy atom. The molecule has 2 aromatic carbocycles. The van der Waals surface area contributed by atoms with Crippen molar-refractivity contribution in [3.05, 3.63) is 59.4 Å². The summed E-state index contributed by atoms with van der Waals surface area (Å²) >= 11 is 0. The van der Waals surface area contributed by atoms with Crippen molar-refractivity contribution >= 4 is 11.6 Å². The summed E-state index contributed by atoms with van der Waals surface area (Å²) in [4.78, 5) is 12.0. The van der Waals surface area contributed by atoms with Crippen molar-refractivity contribution in [1.82, 2.24) is 5.43 Å². The maximum atomic E-state index is 12.9. The number of ether oxygens (including phenoxy) is 2. The number of amides is 1. The second-order valence-electron chi connectivity index (χ2n) is 5.36. The summed E-state index contributed by atoms with van der Waals surface area (Å²) in [6.45, 7) is 3.02. The van der Waals surface area contributed by atoms with Crippen LogP contribution in [0.1, 0.15) is 29.3 Å². The minimum atomic E-state index is -0.399. The number of nitrogens with zero attached hydrogens (tertiary/aromatic N) is 1. The molecule has 0 saturated carbocycles. The Labute approximate surface area is 139 Å². The lowest BCUT2D eigenvalue weighted by molar-refractivity contribution is 0.0955. The monoisotopic (exact) mass is 328 g/mol. The zero-order chi connectivity index (χ0) is 16.9. The molecule has 0 aliphatic carbocycles. The molecule has 2 aromatic rings. The molecule has 0 bridgehead atoms. The third kappa shape index (κ3) is 3.71. The molecule has 1 heterocycles. The van der Waals surface area contributed by atoms with E-state index < -0.39 is 11.7 Å². The molecule has 3 rings (SSSR count). The van der Waals surface area contributed by atoms with Gasteiger partial charge >= 0.3 is 0 Å². The van der Waals surface area contributed by atoms with Gasteiger partial charge in [-0.05, 0) is 49.4 Å². The second-order valence-corrected chi connectivity index (χ2v) is 5.36. The molecule has 1 aliphatic rings. The van der Waals surface area contributed by atoms with Crippen LogP contribution in [0.5, 0.6) is 11.5 Å². The average Bonchev–Trinajstić information content (AvgIpc) is 2.84. The molecule has 0 spiro atoms. The molecule has 0 aromatic heterocycles. The number of nitrogens with one attached hydrogen (secondary N) is 1. The Hall–Kier alpha value is -2.89. The van der Waals surface area contributed by atoms with E-state index in [-0.39, 0.29) is 0 Å². The first-order valence-corrected chi connectivity index (χ1v) is 7.64. The van der Waals surface area contributed by atoms with Crippen LogP contribution in [0.3, 0.4) is 0 Å². The lowest BCUT2D eigenvalue weighted by atomic mass is 10.1. The van der Waals surface area contributed by atoms with Crippen LogP contribution in [0.25, 0.3) is 0 Å². The predicted molar refractivity (Wildman–Crippen MR) is 88.1 cm³/mol. The number of hydrogen-bond acceptors (Lipinski definition) is 4. The van der Waals surface area contributed by atoms with E-state index in [1.165, 1.54) is 24.3 Å². The van der Waals surface area contributed by atoms with E-state index in [2.05, 4.69) is 10.5 Å².